The Morgan fingerprint density at radius 3 is 2.81 bits per heavy atom. The van der Waals surface area contributed by atoms with Crippen LogP contribution in [0.3, 0.4) is 0 Å². The lowest BCUT2D eigenvalue weighted by Gasteiger charge is -2.11. The van der Waals surface area contributed by atoms with Gasteiger partial charge in [-0.15, -0.1) is 10.2 Å². The first-order chi connectivity index (χ1) is 10.1. The molecule has 2 aromatic rings. The van der Waals surface area contributed by atoms with E-state index in [-0.39, 0.29) is 21.8 Å². The molecular formula is C14H13Cl2FN2OS. The summed E-state index contributed by atoms with van der Waals surface area (Å²) in [4.78, 5) is 0. The molecule has 1 aromatic carbocycles. The number of para-hydroxylation sites is 1. The summed E-state index contributed by atoms with van der Waals surface area (Å²) in [6.07, 6.45) is 0.699. The van der Waals surface area contributed by atoms with E-state index in [0.29, 0.717) is 6.42 Å². The summed E-state index contributed by atoms with van der Waals surface area (Å²) in [6.45, 7) is 2.08. The second-order valence-corrected chi connectivity index (χ2v) is 6.29. The van der Waals surface area contributed by atoms with E-state index >= 15 is 0 Å². The highest BCUT2D eigenvalue weighted by Crippen LogP contribution is 2.32. The second-order valence-electron chi connectivity index (χ2n) is 4.10. The number of hydrogen-bond acceptors (Lipinski definition) is 4. The van der Waals surface area contributed by atoms with Crippen LogP contribution in [0, 0.1) is 5.82 Å². The predicted octanol–water partition coefficient (Wildman–Crippen LogP) is 5.01. The first-order valence-corrected chi connectivity index (χ1v) is 8.24. The largest absolute Gasteiger partial charge is 0.433 e. The van der Waals surface area contributed by atoms with E-state index in [9.17, 15) is 4.39 Å². The van der Waals surface area contributed by atoms with Gasteiger partial charge in [0.25, 0.3) is 5.88 Å². The molecule has 0 aliphatic heterocycles. The van der Waals surface area contributed by atoms with Crippen LogP contribution in [-0.2, 0) is 6.42 Å². The number of hydrogen-bond donors (Lipinski definition) is 0. The van der Waals surface area contributed by atoms with E-state index < -0.39 is 5.82 Å². The number of aromatic nitrogens is 2. The van der Waals surface area contributed by atoms with Crippen molar-refractivity contribution in [2.75, 3.05) is 11.5 Å². The first kappa shape index (κ1) is 16.3. The van der Waals surface area contributed by atoms with Crippen molar-refractivity contribution >= 4 is 35.0 Å². The molecule has 2 rings (SSSR count). The van der Waals surface area contributed by atoms with Crippen molar-refractivity contribution in [2.45, 2.75) is 13.3 Å². The summed E-state index contributed by atoms with van der Waals surface area (Å²) in [5, 5.41) is 7.73. The zero-order valence-electron chi connectivity index (χ0n) is 11.3. The molecule has 0 saturated carbocycles. The third-order valence-electron chi connectivity index (χ3n) is 2.65. The van der Waals surface area contributed by atoms with Gasteiger partial charge in [0, 0.05) is 6.07 Å². The number of halogens is 3. The molecule has 21 heavy (non-hydrogen) atoms. The first-order valence-electron chi connectivity index (χ1n) is 6.33. The molecule has 112 valence electrons. The van der Waals surface area contributed by atoms with Crippen LogP contribution in [0.2, 0.25) is 10.2 Å². The van der Waals surface area contributed by atoms with Gasteiger partial charge in [0.15, 0.2) is 16.7 Å². The number of thioether (sulfide) groups is 1. The number of benzene rings is 1. The van der Waals surface area contributed by atoms with Gasteiger partial charge in [0.05, 0.1) is 0 Å². The number of nitrogens with zero attached hydrogens (tertiary/aromatic N) is 2. The fourth-order valence-electron chi connectivity index (χ4n) is 1.69. The van der Waals surface area contributed by atoms with E-state index in [2.05, 4.69) is 17.1 Å². The van der Waals surface area contributed by atoms with Gasteiger partial charge in [-0.25, -0.2) is 4.39 Å². The van der Waals surface area contributed by atoms with Gasteiger partial charge in [-0.1, -0.05) is 42.3 Å². The summed E-state index contributed by atoms with van der Waals surface area (Å²) >= 11 is 13.4. The molecule has 0 amide bonds. The van der Waals surface area contributed by atoms with Crippen LogP contribution < -0.4 is 4.74 Å². The molecule has 0 radical (unpaired) electrons. The molecule has 0 N–H and O–H groups in total. The lowest BCUT2D eigenvalue weighted by Crippen LogP contribution is -1.99. The topological polar surface area (TPSA) is 35.0 Å². The molecule has 3 nitrogen and oxygen atoms in total. The van der Waals surface area contributed by atoms with Gasteiger partial charge >= 0.3 is 0 Å². The highest BCUT2D eigenvalue weighted by atomic mass is 35.5. The van der Waals surface area contributed by atoms with Crippen molar-refractivity contribution in [3.8, 4) is 11.6 Å². The van der Waals surface area contributed by atoms with E-state index in [4.69, 9.17) is 27.9 Å². The highest BCUT2D eigenvalue weighted by molar-refractivity contribution is 7.99. The molecular weight excluding hydrogens is 334 g/mol. The number of rotatable bonds is 6. The Morgan fingerprint density at radius 1 is 1.29 bits per heavy atom. The van der Waals surface area contributed by atoms with Crippen LogP contribution in [0.25, 0.3) is 0 Å². The van der Waals surface area contributed by atoms with E-state index in [1.807, 2.05) is 6.07 Å². The summed E-state index contributed by atoms with van der Waals surface area (Å²) in [5.41, 5.74) is 0.767. The van der Waals surface area contributed by atoms with Crippen molar-refractivity contribution in [3.05, 3.63) is 45.8 Å². The molecule has 0 unspecified atom stereocenters. The summed E-state index contributed by atoms with van der Waals surface area (Å²) in [7, 11) is 0. The third kappa shape index (κ3) is 4.46. The monoisotopic (exact) mass is 346 g/mol. The Labute approximate surface area is 136 Å². The fourth-order valence-corrected chi connectivity index (χ4v) is 2.73. The molecule has 0 aliphatic carbocycles. The SMILES string of the molecule is CCSCCc1cccc(F)c1Oc1nnc(Cl)cc1Cl. The molecule has 7 heteroatoms. The minimum absolute atomic E-state index is 0.0376. The van der Waals surface area contributed by atoms with Crippen molar-refractivity contribution in [1.29, 1.82) is 0 Å². The molecule has 0 aliphatic rings. The van der Waals surface area contributed by atoms with Crippen LogP contribution >= 0.6 is 35.0 Å². The third-order valence-corrected chi connectivity index (χ3v) is 4.01. The van der Waals surface area contributed by atoms with Gasteiger partial charge in [0.2, 0.25) is 0 Å². The molecule has 1 aromatic heterocycles. The Hall–Kier alpha value is -1.04. The molecule has 0 saturated heterocycles. The lowest BCUT2D eigenvalue weighted by atomic mass is 10.1. The molecule has 0 atom stereocenters. The average molecular weight is 347 g/mol. The van der Waals surface area contributed by atoms with Crippen molar-refractivity contribution in [3.63, 3.8) is 0 Å². The van der Waals surface area contributed by atoms with Gasteiger partial charge < -0.3 is 4.74 Å². The summed E-state index contributed by atoms with van der Waals surface area (Å²) in [5.74, 6) is 1.61. The average Bonchev–Trinajstić information content (AvgIpc) is 2.45. The predicted molar refractivity (Wildman–Crippen MR) is 85.2 cm³/mol. The maximum absolute atomic E-state index is 14.0. The van der Waals surface area contributed by atoms with Crippen LogP contribution in [0.4, 0.5) is 4.39 Å². The van der Waals surface area contributed by atoms with Crippen LogP contribution in [0.15, 0.2) is 24.3 Å². The van der Waals surface area contributed by atoms with Gasteiger partial charge in [0.1, 0.15) is 5.02 Å². The smallest absolute Gasteiger partial charge is 0.258 e. The van der Waals surface area contributed by atoms with Crippen molar-refractivity contribution < 1.29 is 9.13 Å². The van der Waals surface area contributed by atoms with Gasteiger partial charge in [-0.3, -0.25) is 0 Å². The summed E-state index contributed by atoms with van der Waals surface area (Å²) in [6, 6.07) is 6.22. The lowest BCUT2D eigenvalue weighted by molar-refractivity contribution is 0.417. The molecule has 0 fully saturated rings. The Balaban J connectivity index is 2.25. The second kappa shape index (κ2) is 7.82. The minimum atomic E-state index is -0.457. The van der Waals surface area contributed by atoms with Crippen LogP contribution in [0.5, 0.6) is 11.6 Å². The standard InChI is InChI=1S/C14H13Cl2FN2OS/c1-2-21-7-6-9-4-3-5-11(17)13(9)20-14-10(15)8-12(16)18-19-14/h3-5,8H,2,6-7H2,1H3. The van der Waals surface area contributed by atoms with E-state index in [0.717, 1.165) is 17.1 Å². The Kier molecular flexibility index (Phi) is 6.08. The van der Waals surface area contributed by atoms with Gasteiger partial charge in [-0.05, 0) is 29.6 Å². The number of ether oxygens (including phenoxy) is 1. The van der Waals surface area contributed by atoms with Crippen LogP contribution in [0.1, 0.15) is 12.5 Å². The zero-order chi connectivity index (χ0) is 15.2. The van der Waals surface area contributed by atoms with Crippen LogP contribution in [-0.4, -0.2) is 21.7 Å². The Morgan fingerprint density at radius 2 is 2.10 bits per heavy atom. The fraction of sp³-hybridized carbons (Fsp3) is 0.286. The minimum Gasteiger partial charge on any atom is -0.433 e. The maximum atomic E-state index is 14.0. The molecule has 1 heterocycles. The normalized spacial score (nSPS) is 10.7. The van der Waals surface area contributed by atoms with E-state index in [1.54, 1.807) is 17.8 Å². The van der Waals surface area contributed by atoms with Gasteiger partial charge in [-0.2, -0.15) is 11.8 Å². The zero-order valence-corrected chi connectivity index (χ0v) is 13.6. The highest BCUT2D eigenvalue weighted by Gasteiger charge is 2.14. The number of aryl methyl sites for hydroxylation is 1. The van der Waals surface area contributed by atoms with E-state index in [1.165, 1.54) is 12.1 Å². The molecule has 0 spiro atoms. The molecule has 0 bridgehead atoms. The quantitative estimate of drug-likeness (QED) is 0.688. The summed E-state index contributed by atoms with van der Waals surface area (Å²) < 4.78 is 19.5. The maximum Gasteiger partial charge on any atom is 0.258 e. The van der Waals surface area contributed by atoms with Crippen molar-refractivity contribution in [1.82, 2.24) is 10.2 Å². The van der Waals surface area contributed by atoms with Crippen molar-refractivity contribution in [2.24, 2.45) is 0 Å². The Bertz CT molecular complexity index is 628.